The molecule has 0 bridgehead atoms. The smallest absolute Gasteiger partial charge is 0.123 e. The van der Waals surface area contributed by atoms with Gasteiger partial charge in [0.25, 0.3) is 0 Å². The van der Waals surface area contributed by atoms with Crippen molar-refractivity contribution in [2.75, 3.05) is 20.8 Å². The SMILES string of the molecule is COc1cc(CNCC(O)c2ccc(F)cc2)cc(OC)c1. The first-order valence-electron chi connectivity index (χ1n) is 6.98. The second kappa shape index (κ2) is 7.77. The fourth-order valence-electron chi connectivity index (χ4n) is 2.12. The van der Waals surface area contributed by atoms with Crippen LogP contribution in [0.15, 0.2) is 42.5 Å². The van der Waals surface area contributed by atoms with Crippen LogP contribution in [0.5, 0.6) is 11.5 Å². The molecule has 0 radical (unpaired) electrons. The summed E-state index contributed by atoms with van der Waals surface area (Å²) in [5, 5.41) is 13.2. The molecule has 5 heteroatoms. The summed E-state index contributed by atoms with van der Waals surface area (Å²) in [6.45, 7) is 0.928. The molecule has 0 fully saturated rings. The Labute approximate surface area is 129 Å². The third-order valence-corrected chi connectivity index (χ3v) is 3.33. The minimum atomic E-state index is -0.687. The Bertz CT molecular complexity index is 579. The molecule has 0 spiro atoms. The molecule has 2 N–H and O–H groups in total. The Morgan fingerprint density at radius 3 is 2.18 bits per heavy atom. The zero-order valence-electron chi connectivity index (χ0n) is 12.7. The zero-order chi connectivity index (χ0) is 15.9. The van der Waals surface area contributed by atoms with E-state index >= 15 is 0 Å². The Hall–Kier alpha value is -2.11. The molecule has 0 aliphatic heterocycles. The van der Waals surface area contributed by atoms with Crippen LogP contribution in [-0.2, 0) is 6.54 Å². The lowest BCUT2D eigenvalue weighted by molar-refractivity contribution is 0.174. The molecular weight excluding hydrogens is 285 g/mol. The molecule has 4 nitrogen and oxygen atoms in total. The molecule has 0 saturated carbocycles. The number of nitrogens with one attached hydrogen (secondary N) is 1. The van der Waals surface area contributed by atoms with E-state index in [9.17, 15) is 9.50 Å². The van der Waals surface area contributed by atoms with E-state index in [0.29, 0.717) is 18.7 Å². The molecule has 0 amide bonds. The lowest BCUT2D eigenvalue weighted by Gasteiger charge is -2.13. The summed E-state index contributed by atoms with van der Waals surface area (Å²) in [6.07, 6.45) is -0.687. The Balaban J connectivity index is 1.91. The van der Waals surface area contributed by atoms with Gasteiger partial charge in [-0.15, -0.1) is 0 Å². The van der Waals surface area contributed by atoms with Crippen molar-refractivity contribution in [3.05, 3.63) is 59.4 Å². The van der Waals surface area contributed by atoms with Crippen LogP contribution in [-0.4, -0.2) is 25.9 Å². The van der Waals surface area contributed by atoms with E-state index in [1.165, 1.54) is 12.1 Å². The molecule has 0 aliphatic carbocycles. The van der Waals surface area contributed by atoms with Gasteiger partial charge in [-0.2, -0.15) is 0 Å². The van der Waals surface area contributed by atoms with Crippen LogP contribution in [0, 0.1) is 5.82 Å². The summed E-state index contributed by atoms with van der Waals surface area (Å²) in [4.78, 5) is 0. The van der Waals surface area contributed by atoms with Gasteiger partial charge in [-0.1, -0.05) is 12.1 Å². The first-order valence-corrected chi connectivity index (χ1v) is 6.98. The quantitative estimate of drug-likeness (QED) is 0.826. The van der Waals surface area contributed by atoms with Crippen molar-refractivity contribution in [1.29, 1.82) is 0 Å². The predicted octanol–water partition coefficient (Wildman–Crippen LogP) is 2.67. The average molecular weight is 305 g/mol. The maximum absolute atomic E-state index is 12.8. The summed E-state index contributed by atoms with van der Waals surface area (Å²) in [6, 6.07) is 11.4. The van der Waals surface area contributed by atoms with Gasteiger partial charge in [-0.05, 0) is 35.4 Å². The lowest BCUT2D eigenvalue weighted by atomic mass is 10.1. The Morgan fingerprint density at radius 1 is 1.05 bits per heavy atom. The Morgan fingerprint density at radius 2 is 1.64 bits per heavy atom. The molecule has 118 valence electrons. The van der Waals surface area contributed by atoms with Gasteiger partial charge in [0.05, 0.1) is 20.3 Å². The maximum Gasteiger partial charge on any atom is 0.123 e. The van der Waals surface area contributed by atoms with Gasteiger partial charge in [-0.25, -0.2) is 4.39 Å². The molecule has 2 rings (SSSR count). The number of methoxy groups -OCH3 is 2. The van der Waals surface area contributed by atoms with E-state index < -0.39 is 6.10 Å². The summed E-state index contributed by atoms with van der Waals surface area (Å²) >= 11 is 0. The third-order valence-electron chi connectivity index (χ3n) is 3.33. The monoisotopic (exact) mass is 305 g/mol. The second-order valence-corrected chi connectivity index (χ2v) is 4.92. The molecule has 0 aromatic heterocycles. The van der Waals surface area contributed by atoms with E-state index in [2.05, 4.69) is 5.32 Å². The second-order valence-electron chi connectivity index (χ2n) is 4.92. The van der Waals surface area contributed by atoms with Crippen molar-refractivity contribution < 1.29 is 19.0 Å². The standard InChI is InChI=1S/C17H20FNO3/c1-21-15-7-12(8-16(9-15)22-2)10-19-11-17(20)13-3-5-14(18)6-4-13/h3-9,17,19-20H,10-11H2,1-2H3. The van der Waals surface area contributed by atoms with Gasteiger partial charge in [0.2, 0.25) is 0 Å². The summed E-state index contributed by atoms with van der Waals surface area (Å²) in [5.74, 6) is 1.12. The first kappa shape index (κ1) is 16.3. The number of halogens is 1. The van der Waals surface area contributed by atoms with Gasteiger partial charge in [0, 0.05) is 19.2 Å². The van der Waals surface area contributed by atoms with Crippen LogP contribution in [0.2, 0.25) is 0 Å². The molecule has 1 unspecified atom stereocenters. The molecule has 22 heavy (non-hydrogen) atoms. The van der Waals surface area contributed by atoms with Gasteiger partial charge in [0.1, 0.15) is 17.3 Å². The molecule has 2 aromatic rings. The minimum Gasteiger partial charge on any atom is -0.497 e. The van der Waals surface area contributed by atoms with Gasteiger partial charge < -0.3 is 19.9 Å². The number of aliphatic hydroxyl groups is 1. The number of ether oxygens (including phenoxy) is 2. The number of aliphatic hydroxyl groups excluding tert-OH is 1. The van der Waals surface area contributed by atoms with Crippen LogP contribution in [0.25, 0.3) is 0 Å². The summed E-state index contributed by atoms with van der Waals surface area (Å²) in [7, 11) is 3.20. The van der Waals surface area contributed by atoms with Gasteiger partial charge in [0.15, 0.2) is 0 Å². The normalized spacial score (nSPS) is 12.0. The van der Waals surface area contributed by atoms with Crippen LogP contribution in [0.1, 0.15) is 17.2 Å². The average Bonchev–Trinajstić information content (AvgIpc) is 2.55. The van der Waals surface area contributed by atoms with Crippen molar-refractivity contribution >= 4 is 0 Å². The molecule has 0 heterocycles. The predicted molar refractivity (Wildman–Crippen MR) is 82.6 cm³/mol. The highest BCUT2D eigenvalue weighted by molar-refractivity contribution is 5.38. The number of hydrogen-bond acceptors (Lipinski definition) is 4. The molecule has 0 saturated heterocycles. The summed E-state index contributed by atoms with van der Waals surface area (Å²) < 4.78 is 23.3. The van der Waals surface area contributed by atoms with Crippen molar-refractivity contribution in [1.82, 2.24) is 5.32 Å². The zero-order valence-corrected chi connectivity index (χ0v) is 12.7. The molecular formula is C17H20FNO3. The van der Waals surface area contributed by atoms with E-state index in [1.807, 2.05) is 12.1 Å². The fraction of sp³-hybridized carbons (Fsp3) is 0.294. The molecule has 1 atom stereocenters. The number of rotatable bonds is 7. The van der Waals surface area contributed by atoms with Crippen LogP contribution in [0.3, 0.4) is 0 Å². The molecule has 0 aliphatic rings. The van der Waals surface area contributed by atoms with E-state index in [-0.39, 0.29) is 5.82 Å². The van der Waals surface area contributed by atoms with Gasteiger partial charge in [-0.3, -0.25) is 0 Å². The van der Waals surface area contributed by atoms with Gasteiger partial charge >= 0.3 is 0 Å². The topological polar surface area (TPSA) is 50.7 Å². The highest BCUT2D eigenvalue weighted by atomic mass is 19.1. The van der Waals surface area contributed by atoms with Crippen molar-refractivity contribution in [3.8, 4) is 11.5 Å². The van der Waals surface area contributed by atoms with E-state index in [4.69, 9.17) is 9.47 Å². The molecule has 2 aromatic carbocycles. The van der Waals surface area contributed by atoms with Crippen molar-refractivity contribution in [3.63, 3.8) is 0 Å². The van der Waals surface area contributed by atoms with Crippen molar-refractivity contribution in [2.24, 2.45) is 0 Å². The summed E-state index contributed by atoms with van der Waals surface area (Å²) in [5.41, 5.74) is 1.67. The van der Waals surface area contributed by atoms with Crippen LogP contribution < -0.4 is 14.8 Å². The van der Waals surface area contributed by atoms with E-state index in [1.54, 1.807) is 32.4 Å². The lowest BCUT2D eigenvalue weighted by Crippen LogP contribution is -2.21. The van der Waals surface area contributed by atoms with Crippen molar-refractivity contribution in [2.45, 2.75) is 12.6 Å². The largest absolute Gasteiger partial charge is 0.497 e. The first-order chi connectivity index (χ1) is 10.6. The third kappa shape index (κ3) is 4.44. The fourth-order valence-corrected chi connectivity index (χ4v) is 2.12. The minimum absolute atomic E-state index is 0.313. The maximum atomic E-state index is 12.8. The van der Waals surface area contributed by atoms with E-state index in [0.717, 1.165) is 17.1 Å². The highest BCUT2D eigenvalue weighted by Crippen LogP contribution is 2.22. The number of benzene rings is 2. The van der Waals surface area contributed by atoms with Crippen LogP contribution in [0.4, 0.5) is 4.39 Å². The Kier molecular flexibility index (Phi) is 5.75. The highest BCUT2D eigenvalue weighted by Gasteiger charge is 2.08. The van der Waals surface area contributed by atoms with Crippen LogP contribution >= 0.6 is 0 Å². The number of hydrogen-bond donors (Lipinski definition) is 2.